The fraction of sp³-hybridized carbons (Fsp3) is 0.0385. The van der Waals surface area contributed by atoms with E-state index in [2.05, 4.69) is 33.8 Å². The summed E-state index contributed by atoms with van der Waals surface area (Å²) in [6.07, 6.45) is 3.46. The molecule has 0 atom stereocenters. The summed E-state index contributed by atoms with van der Waals surface area (Å²) in [6.45, 7) is 2.04. The molecule has 30 heavy (non-hydrogen) atoms. The fourth-order valence-corrected chi connectivity index (χ4v) is 4.16. The van der Waals surface area contributed by atoms with E-state index in [9.17, 15) is 10.5 Å². The minimum absolute atomic E-state index is 0.585. The van der Waals surface area contributed by atoms with Gasteiger partial charge in [0.15, 0.2) is 0 Å². The Balaban J connectivity index is 1.90. The monoisotopic (exact) mass is 384 g/mol. The Kier molecular flexibility index (Phi) is 4.05. The van der Waals surface area contributed by atoms with Crippen molar-refractivity contribution in [3.8, 4) is 29.0 Å². The third-order valence-electron chi connectivity index (χ3n) is 5.50. The number of hydrogen-bond acceptors (Lipinski definition) is 3. The fourth-order valence-electron chi connectivity index (χ4n) is 4.16. The van der Waals surface area contributed by atoms with Crippen LogP contribution < -0.4 is 0 Å². The normalized spacial score (nSPS) is 10.8. The molecule has 0 saturated carbocycles. The van der Waals surface area contributed by atoms with Gasteiger partial charge in [0.1, 0.15) is 6.07 Å². The molecule has 5 aromatic rings. The van der Waals surface area contributed by atoms with Crippen LogP contribution in [0.5, 0.6) is 0 Å². The van der Waals surface area contributed by atoms with Crippen LogP contribution in [0.1, 0.15) is 16.7 Å². The van der Waals surface area contributed by atoms with Gasteiger partial charge in [0, 0.05) is 23.2 Å². The van der Waals surface area contributed by atoms with Gasteiger partial charge in [-0.2, -0.15) is 10.5 Å². The van der Waals surface area contributed by atoms with Gasteiger partial charge < -0.3 is 4.57 Å². The first-order valence-corrected chi connectivity index (χ1v) is 9.60. The number of nitrogens with zero attached hydrogens (tertiary/aromatic N) is 4. The molecule has 0 bridgehead atoms. The second-order valence-corrected chi connectivity index (χ2v) is 7.20. The van der Waals surface area contributed by atoms with Gasteiger partial charge in [0.05, 0.1) is 33.9 Å². The highest BCUT2D eigenvalue weighted by molar-refractivity contribution is 6.11. The zero-order chi connectivity index (χ0) is 20.7. The summed E-state index contributed by atoms with van der Waals surface area (Å²) < 4.78 is 2.11. The number of rotatable bonds is 2. The molecule has 4 nitrogen and oxygen atoms in total. The summed E-state index contributed by atoms with van der Waals surface area (Å²) in [6, 6.07) is 26.4. The highest BCUT2D eigenvalue weighted by atomic mass is 15.0. The van der Waals surface area contributed by atoms with Gasteiger partial charge in [-0.15, -0.1) is 0 Å². The van der Waals surface area contributed by atoms with Crippen molar-refractivity contribution < 1.29 is 0 Å². The molecular weight excluding hydrogens is 368 g/mol. The van der Waals surface area contributed by atoms with Gasteiger partial charge >= 0.3 is 0 Å². The smallest absolute Gasteiger partial charge is 0.101 e. The molecule has 4 heteroatoms. The van der Waals surface area contributed by atoms with Crippen LogP contribution in [0.15, 0.2) is 79.1 Å². The molecule has 0 saturated heterocycles. The van der Waals surface area contributed by atoms with Crippen molar-refractivity contribution in [2.24, 2.45) is 0 Å². The van der Waals surface area contributed by atoms with Crippen molar-refractivity contribution in [2.45, 2.75) is 6.92 Å². The van der Waals surface area contributed by atoms with E-state index in [-0.39, 0.29) is 0 Å². The summed E-state index contributed by atoms with van der Waals surface area (Å²) >= 11 is 0. The van der Waals surface area contributed by atoms with Crippen molar-refractivity contribution >= 4 is 21.8 Å². The second-order valence-electron chi connectivity index (χ2n) is 7.20. The van der Waals surface area contributed by atoms with Gasteiger partial charge in [0.25, 0.3) is 0 Å². The van der Waals surface area contributed by atoms with Crippen LogP contribution in [0.2, 0.25) is 0 Å². The zero-order valence-electron chi connectivity index (χ0n) is 16.3. The highest BCUT2D eigenvalue weighted by Crippen LogP contribution is 2.36. The molecule has 0 amide bonds. The molecule has 0 aliphatic heterocycles. The van der Waals surface area contributed by atoms with Gasteiger partial charge in [-0.25, -0.2) is 0 Å². The van der Waals surface area contributed by atoms with E-state index in [1.54, 1.807) is 12.4 Å². The predicted octanol–water partition coefficient (Wildman–Crippen LogP) is 5.90. The van der Waals surface area contributed by atoms with Crippen LogP contribution in [0, 0.1) is 29.6 Å². The number of para-hydroxylation sites is 2. The minimum Gasteiger partial charge on any atom is -0.308 e. The lowest BCUT2D eigenvalue weighted by Crippen LogP contribution is -2.00. The van der Waals surface area contributed by atoms with Gasteiger partial charge in [-0.1, -0.05) is 30.3 Å². The largest absolute Gasteiger partial charge is 0.308 e. The van der Waals surface area contributed by atoms with Crippen molar-refractivity contribution in [2.75, 3.05) is 0 Å². The molecule has 0 N–H and O–H groups in total. The van der Waals surface area contributed by atoms with Gasteiger partial charge in [0.2, 0.25) is 0 Å². The molecule has 0 spiro atoms. The van der Waals surface area contributed by atoms with Crippen LogP contribution in [0.4, 0.5) is 0 Å². The van der Waals surface area contributed by atoms with E-state index in [0.717, 1.165) is 44.2 Å². The standard InChI is InChI=1S/C26H16N4/c1-17-13-23(18-9-11-29-12-10-18)20(16-28)14-25(17)30-24-8-3-2-6-21(24)22-7-4-5-19(15-27)26(22)30/h2-14H,1H3. The van der Waals surface area contributed by atoms with Gasteiger partial charge in [-0.05, 0) is 60.0 Å². The maximum absolute atomic E-state index is 9.89. The highest BCUT2D eigenvalue weighted by Gasteiger charge is 2.18. The lowest BCUT2D eigenvalue weighted by Gasteiger charge is -2.15. The molecular formula is C26H16N4. The molecule has 0 fully saturated rings. The van der Waals surface area contributed by atoms with Crippen molar-refractivity contribution in [1.29, 1.82) is 10.5 Å². The Morgan fingerprint density at radius 3 is 2.30 bits per heavy atom. The first-order valence-electron chi connectivity index (χ1n) is 9.60. The molecule has 3 aromatic carbocycles. The van der Waals surface area contributed by atoms with E-state index in [0.29, 0.717) is 11.1 Å². The second kappa shape index (κ2) is 6.88. The van der Waals surface area contributed by atoms with Crippen LogP contribution in [-0.4, -0.2) is 9.55 Å². The SMILES string of the molecule is Cc1cc(-c2ccncc2)c(C#N)cc1-n1c2ccccc2c2cccc(C#N)c21. The van der Waals surface area contributed by atoms with Crippen LogP contribution >= 0.6 is 0 Å². The minimum atomic E-state index is 0.585. The average Bonchev–Trinajstić information content (AvgIpc) is 3.14. The maximum atomic E-state index is 9.89. The number of hydrogen-bond donors (Lipinski definition) is 0. The van der Waals surface area contributed by atoms with E-state index >= 15 is 0 Å². The molecule has 2 heterocycles. The summed E-state index contributed by atoms with van der Waals surface area (Å²) in [7, 11) is 0. The Morgan fingerprint density at radius 2 is 1.53 bits per heavy atom. The number of nitriles is 2. The quantitative estimate of drug-likeness (QED) is 0.381. The first-order chi connectivity index (χ1) is 14.7. The number of aryl methyl sites for hydroxylation is 1. The lowest BCUT2D eigenvalue weighted by molar-refractivity contribution is 1.14. The number of fused-ring (bicyclic) bond motifs is 3. The molecule has 2 aromatic heterocycles. The molecule has 0 radical (unpaired) electrons. The Morgan fingerprint density at radius 1 is 0.800 bits per heavy atom. The summed E-state index contributed by atoms with van der Waals surface area (Å²) in [5.41, 5.74) is 6.83. The number of benzene rings is 3. The topological polar surface area (TPSA) is 65.4 Å². The lowest BCUT2D eigenvalue weighted by atomic mass is 9.97. The van der Waals surface area contributed by atoms with Crippen molar-refractivity contribution in [1.82, 2.24) is 9.55 Å². The van der Waals surface area contributed by atoms with Crippen molar-refractivity contribution in [3.63, 3.8) is 0 Å². The molecule has 0 unspecified atom stereocenters. The Labute approximate surface area is 173 Å². The number of pyridine rings is 1. The molecule has 5 rings (SSSR count). The third kappa shape index (κ3) is 2.56. The van der Waals surface area contributed by atoms with Crippen LogP contribution in [0.3, 0.4) is 0 Å². The van der Waals surface area contributed by atoms with Crippen LogP contribution in [0.25, 0.3) is 38.6 Å². The third-order valence-corrected chi connectivity index (χ3v) is 5.50. The zero-order valence-corrected chi connectivity index (χ0v) is 16.3. The molecule has 0 aliphatic rings. The molecule has 0 aliphatic carbocycles. The molecule has 140 valence electrons. The first kappa shape index (κ1) is 17.7. The number of aromatic nitrogens is 2. The van der Waals surface area contributed by atoms with E-state index < -0.39 is 0 Å². The summed E-state index contributed by atoms with van der Waals surface area (Å²) in [4.78, 5) is 4.08. The summed E-state index contributed by atoms with van der Waals surface area (Å²) in [5, 5.41) is 21.8. The Hall–Kier alpha value is -4.41. The van der Waals surface area contributed by atoms with E-state index in [1.165, 1.54) is 0 Å². The average molecular weight is 384 g/mol. The van der Waals surface area contributed by atoms with E-state index in [1.807, 2.05) is 61.5 Å². The Bertz CT molecular complexity index is 1510. The van der Waals surface area contributed by atoms with Gasteiger partial charge in [-0.3, -0.25) is 4.98 Å². The maximum Gasteiger partial charge on any atom is 0.101 e. The predicted molar refractivity (Wildman–Crippen MR) is 118 cm³/mol. The van der Waals surface area contributed by atoms with E-state index in [4.69, 9.17) is 0 Å². The summed E-state index contributed by atoms with van der Waals surface area (Å²) in [5.74, 6) is 0. The van der Waals surface area contributed by atoms with Crippen LogP contribution in [-0.2, 0) is 0 Å². The van der Waals surface area contributed by atoms with Crippen molar-refractivity contribution in [3.05, 3.63) is 95.8 Å².